The van der Waals surface area contributed by atoms with E-state index in [1.165, 1.54) is 0 Å². The van der Waals surface area contributed by atoms with Crippen molar-refractivity contribution in [1.82, 2.24) is 0 Å². The van der Waals surface area contributed by atoms with E-state index in [0.717, 1.165) is 22.8 Å². The Labute approximate surface area is 189 Å². The predicted molar refractivity (Wildman–Crippen MR) is 90.9 cm³/mol. The third-order valence-electron chi connectivity index (χ3n) is 3.15. The van der Waals surface area contributed by atoms with Gasteiger partial charge >= 0.3 is 0 Å². The van der Waals surface area contributed by atoms with Crippen molar-refractivity contribution in [2.45, 2.75) is 6.92 Å². The molecule has 25 heavy (non-hydrogen) atoms. The first-order chi connectivity index (χ1) is 11.3. The Morgan fingerprint density at radius 3 is 1.72 bits per heavy atom. The molecule has 2 aromatic rings. The quantitative estimate of drug-likeness (QED) is 0.396. The van der Waals surface area contributed by atoms with E-state index in [4.69, 9.17) is 19.3 Å². The summed E-state index contributed by atoms with van der Waals surface area (Å²) in [5.74, 6) is 2.46. The minimum absolute atomic E-state index is 0. The fraction of sp³-hybridized carbons (Fsp3) is 0.211. The summed E-state index contributed by atoms with van der Waals surface area (Å²) in [5, 5.41) is 8.89. The van der Waals surface area contributed by atoms with Crippen LogP contribution in [0.5, 0.6) is 11.5 Å². The van der Waals surface area contributed by atoms with Crippen molar-refractivity contribution >= 4 is 0 Å². The molecule has 0 saturated carbocycles. The molecule has 0 aromatic heterocycles. The standard InChI is InChI=1S/C17H18O4.C2H5.Re.Y/c1-19-15-7-3-13(4-8-15)17(11-21-12-18)14-5-9-16(20-2)10-6-14;1-2;;/h3-10,18H,1,11-12H2,2H3;1H2,2H3;;/q-2;-1;;. The zero-order chi connectivity index (χ0) is 17.1. The molecule has 0 saturated heterocycles. The summed E-state index contributed by atoms with van der Waals surface area (Å²) in [6.07, 6.45) is 0. The van der Waals surface area contributed by atoms with E-state index in [-0.39, 0.29) is 59.9 Å². The fourth-order valence-corrected chi connectivity index (χ4v) is 2.03. The fourth-order valence-electron chi connectivity index (χ4n) is 2.03. The number of hydrogen-bond acceptors (Lipinski definition) is 4. The molecule has 0 bridgehead atoms. The van der Waals surface area contributed by atoms with Gasteiger partial charge in [-0.1, -0.05) is 30.2 Å². The summed E-state index contributed by atoms with van der Waals surface area (Å²) in [7, 11) is 5.01. The molecule has 0 aliphatic rings. The topological polar surface area (TPSA) is 47.9 Å². The Bertz CT molecular complexity index is 499. The van der Waals surface area contributed by atoms with Gasteiger partial charge in [0.1, 0.15) is 12.5 Å². The first-order valence-corrected chi connectivity index (χ1v) is 7.20. The van der Waals surface area contributed by atoms with E-state index < -0.39 is 0 Å². The second-order valence-electron chi connectivity index (χ2n) is 4.35. The minimum atomic E-state index is -0.320. The normalized spacial score (nSPS) is 8.84. The number of aliphatic hydroxyl groups excluding tert-OH is 1. The van der Waals surface area contributed by atoms with E-state index in [2.05, 4.69) is 14.0 Å². The molecule has 2 radical (unpaired) electrons. The van der Waals surface area contributed by atoms with Gasteiger partial charge in [-0.25, -0.2) is 0 Å². The van der Waals surface area contributed by atoms with E-state index >= 15 is 0 Å². The van der Waals surface area contributed by atoms with Gasteiger partial charge in [-0.15, -0.1) is 35.4 Å². The van der Waals surface area contributed by atoms with Crippen molar-refractivity contribution in [3.63, 3.8) is 0 Å². The Morgan fingerprint density at radius 1 is 0.920 bits per heavy atom. The van der Waals surface area contributed by atoms with Gasteiger partial charge in [-0.05, 0) is 0 Å². The Hall–Kier alpha value is -0.404. The van der Waals surface area contributed by atoms with Crippen LogP contribution in [0.25, 0.3) is 0 Å². The number of aliphatic hydroxyl groups is 1. The van der Waals surface area contributed by atoms with Gasteiger partial charge in [0.2, 0.25) is 0 Å². The van der Waals surface area contributed by atoms with Gasteiger partial charge in [0.25, 0.3) is 0 Å². The summed E-state index contributed by atoms with van der Waals surface area (Å²) >= 11 is 0. The van der Waals surface area contributed by atoms with Crippen LogP contribution in [0.2, 0.25) is 0 Å². The van der Waals surface area contributed by atoms with Gasteiger partial charge in [0, 0.05) is 59.7 Å². The van der Waals surface area contributed by atoms with Crippen LogP contribution in [0.15, 0.2) is 48.5 Å². The smallest absolute Gasteiger partial charge is 0.143 e. The van der Waals surface area contributed by atoms with Crippen LogP contribution in [-0.4, -0.2) is 25.6 Å². The summed E-state index contributed by atoms with van der Waals surface area (Å²) in [4.78, 5) is 0. The molecule has 0 amide bonds. The second-order valence-corrected chi connectivity index (χ2v) is 4.35. The van der Waals surface area contributed by atoms with Crippen LogP contribution in [0.3, 0.4) is 0 Å². The Kier molecular flexibility index (Phi) is 17.0. The van der Waals surface area contributed by atoms with Crippen molar-refractivity contribution < 1.29 is 72.4 Å². The second kappa shape index (κ2) is 15.8. The third-order valence-corrected chi connectivity index (χ3v) is 3.15. The first kappa shape index (κ1) is 26.8. The maximum atomic E-state index is 8.89. The summed E-state index contributed by atoms with van der Waals surface area (Å²) in [6.45, 7) is 4.99. The van der Waals surface area contributed by atoms with Crippen LogP contribution in [0.4, 0.5) is 0 Å². The summed E-state index contributed by atoms with van der Waals surface area (Å²) in [6, 6.07) is 15.2. The largest absolute Gasteiger partial charge is 0.666 e. The van der Waals surface area contributed by atoms with Gasteiger partial charge in [0.05, 0.1) is 12.9 Å². The van der Waals surface area contributed by atoms with Crippen molar-refractivity contribution in [2.75, 3.05) is 20.5 Å². The summed E-state index contributed by atoms with van der Waals surface area (Å²) < 4.78 is 15.2. The molecule has 0 aliphatic heterocycles. The van der Waals surface area contributed by atoms with Crippen LogP contribution < -0.4 is 9.47 Å². The van der Waals surface area contributed by atoms with Gasteiger partial charge in [0.15, 0.2) is 0 Å². The summed E-state index contributed by atoms with van der Waals surface area (Å²) in [5.41, 5.74) is 2.00. The zero-order valence-corrected chi connectivity index (χ0v) is 20.1. The Morgan fingerprint density at radius 2 is 1.36 bits per heavy atom. The minimum Gasteiger partial charge on any atom is -0.666 e. The van der Waals surface area contributed by atoms with E-state index in [1.807, 2.05) is 48.5 Å². The predicted octanol–water partition coefficient (Wildman–Crippen LogP) is 3.64. The molecular formula is C19H23O4ReY-3. The molecule has 6 heteroatoms. The first-order valence-electron chi connectivity index (χ1n) is 7.20. The van der Waals surface area contributed by atoms with Gasteiger partial charge < -0.3 is 26.2 Å². The number of ether oxygens (including phenoxy) is 3. The van der Waals surface area contributed by atoms with E-state index in [9.17, 15) is 0 Å². The number of rotatable bonds is 7. The maximum absolute atomic E-state index is 8.89. The maximum Gasteiger partial charge on any atom is 0.143 e. The van der Waals surface area contributed by atoms with Gasteiger partial charge in [-0.2, -0.15) is 14.0 Å². The van der Waals surface area contributed by atoms with Crippen LogP contribution in [0, 0.1) is 20.0 Å². The molecule has 4 nitrogen and oxygen atoms in total. The average Bonchev–Trinajstić information content (AvgIpc) is 2.64. The molecule has 136 valence electrons. The van der Waals surface area contributed by atoms with Gasteiger partial charge in [-0.3, -0.25) is 0 Å². The number of benzene rings is 2. The van der Waals surface area contributed by atoms with E-state index in [1.54, 1.807) is 14.0 Å². The van der Waals surface area contributed by atoms with Crippen molar-refractivity contribution in [3.8, 4) is 11.5 Å². The monoisotopic (exact) mass is 591 g/mol. The molecule has 0 heterocycles. The number of hydrogen-bond donors (Lipinski definition) is 1. The molecule has 0 atom stereocenters. The molecular weight excluding hydrogens is 567 g/mol. The van der Waals surface area contributed by atoms with Crippen molar-refractivity contribution in [1.29, 1.82) is 0 Å². The molecule has 0 fully saturated rings. The van der Waals surface area contributed by atoms with Crippen LogP contribution in [-0.2, 0) is 57.9 Å². The molecule has 0 spiro atoms. The average molecular weight is 591 g/mol. The number of methoxy groups -OCH3 is 1. The molecule has 2 aromatic carbocycles. The van der Waals surface area contributed by atoms with Crippen LogP contribution >= 0.6 is 0 Å². The van der Waals surface area contributed by atoms with Crippen LogP contribution in [0.1, 0.15) is 18.1 Å². The van der Waals surface area contributed by atoms with E-state index in [0.29, 0.717) is 12.4 Å². The van der Waals surface area contributed by atoms with Crippen molar-refractivity contribution in [3.05, 3.63) is 79.6 Å². The third kappa shape index (κ3) is 8.69. The SMILES string of the molecule is [CH2-]C.[CH2-]Oc1ccc([C-](COCO)c2ccc(OC)cc2)cc1.[Re].[Y]. The molecule has 0 aliphatic carbocycles. The Balaban J connectivity index is 0. The van der Waals surface area contributed by atoms with Crippen molar-refractivity contribution in [2.24, 2.45) is 0 Å². The molecule has 2 rings (SSSR count). The zero-order valence-electron chi connectivity index (χ0n) is 14.6. The molecule has 0 unspecified atom stereocenters. The molecule has 1 N–H and O–H groups in total.